The summed E-state index contributed by atoms with van der Waals surface area (Å²) < 4.78 is 33.2. The van der Waals surface area contributed by atoms with Gasteiger partial charge in [0.2, 0.25) is 5.82 Å². The maximum absolute atomic E-state index is 14.1. The molecule has 148 valence electrons. The van der Waals surface area contributed by atoms with Gasteiger partial charge in [0.15, 0.2) is 11.6 Å². The second-order valence-electron chi connectivity index (χ2n) is 8.24. The monoisotopic (exact) mass is 374 g/mol. The Hall–Kier alpha value is -1.56. The fourth-order valence-electron chi connectivity index (χ4n) is 4.88. The Morgan fingerprint density at radius 2 is 1.52 bits per heavy atom. The maximum Gasteiger partial charge on any atom is 0.201 e. The summed E-state index contributed by atoms with van der Waals surface area (Å²) in [6.07, 6.45) is 11.6. The third-order valence-corrected chi connectivity index (χ3v) is 6.66. The summed E-state index contributed by atoms with van der Waals surface area (Å²) in [6.45, 7) is 4.37. The van der Waals surface area contributed by atoms with Crippen molar-refractivity contribution in [1.29, 1.82) is 0 Å². The zero-order valence-corrected chi connectivity index (χ0v) is 16.7. The van der Waals surface area contributed by atoms with Gasteiger partial charge < -0.3 is 4.74 Å². The molecule has 3 heteroatoms. The van der Waals surface area contributed by atoms with Crippen molar-refractivity contribution in [2.45, 2.75) is 71.6 Å². The van der Waals surface area contributed by atoms with Crippen molar-refractivity contribution < 1.29 is 13.5 Å². The van der Waals surface area contributed by atoms with Crippen molar-refractivity contribution in [3.05, 3.63) is 29.3 Å². The highest BCUT2D eigenvalue weighted by molar-refractivity contribution is 5.41. The normalized spacial score (nSPS) is 28.3. The largest absolute Gasteiger partial charge is 0.491 e. The van der Waals surface area contributed by atoms with Gasteiger partial charge in [-0.15, -0.1) is 0 Å². The molecular weight excluding hydrogens is 342 g/mol. The third-order valence-electron chi connectivity index (χ3n) is 6.66. The van der Waals surface area contributed by atoms with Crippen LogP contribution in [0.1, 0.15) is 77.2 Å². The van der Waals surface area contributed by atoms with E-state index in [-0.39, 0.29) is 11.3 Å². The number of halogens is 2. The second kappa shape index (κ2) is 9.58. The van der Waals surface area contributed by atoms with Gasteiger partial charge in [-0.25, -0.2) is 4.39 Å². The summed E-state index contributed by atoms with van der Waals surface area (Å²) in [5.41, 5.74) is 0.135. The molecule has 3 rings (SSSR count). The second-order valence-corrected chi connectivity index (χ2v) is 8.24. The molecule has 0 saturated heterocycles. The summed E-state index contributed by atoms with van der Waals surface area (Å²) in [5, 5.41) is 0. The van der Waals surface area contributed by atoms with E-state index in [1.807, 2.05) is 0 Å². The highest BCUT2D eigenvalue weighted by Crippen LogP contribution is 2.41. The predicted octanol–water partition coefficient (Wildman–Crippen LogP) is 6.74. The highest BCUT2D eigenvalue weighted by Gasteiger charge is 2.30. The van der Waals surface area contributed by atoms with Gasteiger partial charge >= 0.3 is 0 Å². The molecule has 0 bridgehead atoms. The van der Waals surface area contributed by atoms with Crippen molar-refractivity contribution in [2.24, 2.45) is 23.7 Å². The SMILES string of the molecule is CCOc1ccc(C#C[C@H]2CC[C@H]([C@H]3CC[C@H](CC)CC3)CC2)c(F)c1F. The Morgan fingerprint density at radius 1 is 0.889 bits per heavy atom. The summed E-state index contributed by atoms with van der Waals surface area (Å²) in [5.74, 6) is 7.22. The molecule has 0 radical (unpaired) electrons. The van der Waals surface area contributed by atoms with Crippen molar-refractivity contribution in [3.63, 3.8) is 0 Å². The minimum Gasteiger partial charge on any atom is -0.491 e. The standard InChI is InChI=1S/C24H32F2O/c1-3-17-5-10-19(11-6-17)20-12-7-18(8-13-20)9-14-21-15-16-22(27-4-2)24(26)23(21)25/h15-20H,3-8,10-13H2,1-2H3/t17-,18-,19-,20-. The molecule has 0 heterocycles. The van der Waals surface area contributed by atoms with Crippen LogP contribution in [0.2, 0.25) is 0 Å². The fourth-order valence-corrected chi connectivity index (χ4v) is 4.88. The molecule has 0 aromatic heterocycles. The maximum atomic E-state index is 14.1. The lowest BCUT2D eigenvalue weighted by molar-refractivity contribution is 0.156. The molecule has 2 fully saturated rings. The first-order chi connectivity index (χ1) is 13.1. The minimum absolute atomic E-state index is 0.0427. The van der Waals surface area contributed by atoms with Crippen molar-refractivity contribution in [3.8, 4) is 17.6 Å². The molecule has 2 aliphatic rings. The first-order valence-corrected chi connectivity index (χ1v) is 10.7. The molecular formula is C24H32F2O. The van der Waals surface area contributed by atoms with Crippen LogP contribution in [0.15, 0.2) is 12.1 Å². The Bertz CT molecular complexity index is 672. The summed E-state index contributed by atoms with van der Waals surface area (Å²) >= 11 is 0. The Kier molecular flexibility index (Phi) is 7.16. The molecule has 2 saturated carbocycles. The van der Waals surface area contributed by atoms with E-state index in [0.29, 0.717) is 12.5 Å². The van der Waals surface area contributed by atoms with Crippen LogP contribution in [-0.2, 0) is 0 Å². The van der Waals surface area contributed by atoms with E-state index in [2.05, 4.69) is 18.8 Å². The number of hydrogen-bond donors (Lipinski definition) is 0. The lowest BCUT2D eigenvalue weighted by atomic mass is 9.69. The fraction of sp³-hybridized carbons (Fsp3) is 0.667. The smallest absolute Gasteiger partial charge is 0.201 e. The van der Waals surface area contributed by atoms with Gasteiger partial charge in [-0.1, -0.05) is 38.0 Å². The van der Waals surface area contributed by atoms with Gasteiger partial charge in [0.25, 0.3) is 0 Å². The molecule has 0 aliphatic heterocycles. The van der Waals surface area contributed by atoms with Crippen LogP contribution in [0.5, 0.6) is 5.75 Å². The molecule has 0 amide bonds. The van der Waals surface area contributed by atoms with Crippen LogP contribution in [0.3, 0.4) is 0 Å². The van der Waals surface area contributed by atoms with Gasteiger partial charge in [-0.05, 0) is 75.3 Å². The van der Waals surface area contributed by atoms with E-state index in [9.17, 15) is 8.78 Å². The van der Waals surface area contributed by atoms with Crippen molar-refractivity contribution in [1.82, 2.24) is 0 Å². The summed E-state index contributed by atoms with van der Waals surface area (Å²) in [6, 6.07) is 2.99. The molecule has 0 unspecified atom stereocenters. The molecule has 1 aromatic carbocycles. The van der Waals surface area contributed by atoms with E-state index in [1.165, 1.54) is 57.1 Å². The molecule has 0 N–H and O–H groups in total. The lowest BCUT2D eigenvalue weighted by Crippen LogP contribution is -2.25. The number of hydrogen-bond acceptors (Lipinski definition) is 1. The Morgan fingerprint density at radius 3 is 2.11 bits per heavy atom. The number of rotatable bonds is 4. The summed E-state index contributed by atoms with van der Waals surface area (Å²) in [7, 11) is 0. The highest BCUT2D eigenvalue weighted by atomic mass is 19.2. The average molecular weight is 375 g/mol. The Labute approximate surface area is 162 Å². The molecule has 1 nitrogen and oxygen atoms in total. The van der Waals surface area contributed by atoms with Crippen LogP contribution in [0, 0.1) is 47.1 Å². The molecule has 1 aromatic rings. The van der Waals surface area contributed by atoms with E-state index in [0.717, 1.165) is 30.6 Å². The van der Waals surface area contributed by atoms with E-state index < -0.39 is 11.6 Å². The van der Waals surface area contributed by atoms with Gasteiger partial charge in [0.05, 0.1) is 12.2 Å². The van der Waals surface area contributed by atoms with Crippen LogP contribution in [-0.4, -0.2) is 6.61 Å². The van der Waals surface area contributed by atoms with Gasteiger partial charge in [0, 0.05) is 5.92 Å². The van der Waals surface area contributed by atoms with Gasteiger partial charge in [-0.2, -0.15) is 4.39 Å². The first-order valence-electron chi connectivity index (χ1n) is 10.7. The molecule has 0 spiro atoms. The van der Waals surface area contributed by atoms with Gasteiger partial charge in [0.1, 0.15) is 0 Å². The molecule has 0 atom stereocenters. The Balaban J connectivity index is 1.54. The first kappa shape index (κ1) is 20.2. The number of ether oxygens (including phenoxy) is 1. The van der Waals surface area contributed by atoms with E-state index >= 15 is 0 Å². The third kappa shape index (κ3) is 5.03. The topological polar surface area (TPSA) is 9.23 Å². The predicted molar refractivity (Wildman–Crippen MR) is 106 cm³/mol. The molecule has 27 heavy (non-hydrogen) atoms. The minimum atomic E-state index is -0.935. The van der Waals surface area contributed by atoms with Crippen LogP contribution in [0.4, 0.5) is 8.78 Å². The quantitative estimate of drug-likeness (QED) is 0.530. The molecule has 2 aliphatic carbocycles. The number of benzene rings is 1. The van der Waals surface area contributed by atoms with Crippen LogP contribution < -0.4 is 4.74 Å². The zero-order chi connectivity index (χ0) is 19.2. The van der Waals surface area contributed by atoms with Crippen LogP contribution >= 0.6 is 0 Å². The lowest BCUT2D eigenvalue weighted by Gasteiger charge is -2.36. The zero-order valence-electron chi connectivity index (χ0n) is 16.7. The van der Waals surface area contributed by atoms with Crippen molar-refractivity contribution in [2.75, 3.05) is 6.61 Å². The van der Waals surface area contributed by atoms with Crippen molar-refractivity contribution >= 4 is 0 Å². The van der Waals surface area contributed by atoms with E-state index in [1.54, 1.807) is 6.92 Å². The van der Waals surface area contributed by atoms with Crippen LogP contribution in [0.25, 0.3) is 0 Å². The average Bonchev–Trinajstić information content (AvgIpc) is 2.71. The van der Waals surface area contributed by atoms with E-state index in [4.69, 9.17) is 4.74 Å². The summed E-state index contributed by atoms with van der Waals surface area (Å²) in [4.78, 5) is 0. The van der Waals surface area contributed by atoms with Gasteiger partial charge in [-0.3, -0.25) is 0 Å².